The second-order valence-electron chi connectivity index (χ2n) is 11.7. The number of nitrogens with zero attached hydrogens (tertiary/aromatic N) is 2. The highest BCUT2D eigenvalue weighted by Crippen LogP contribution is 2.51. The Morgan fingerprint density at radius 1 is 0.435 bits per heavy atom. The van der Waals surface area contributed by atoms with Crippen molar-refractivity contribution in [3.63, 3.8) is 0 Å². The summed E-state index contributed by atoms with van der Waals surface area (Å²) in [5.74, 6) is 0. The summed E-state index contributed by atoms with van der Waals surface area (Å²) in [5.41, 5.74) is 9.95. The maximum atomic E-state index is 6.22. The molecule has 3 nitrogen and oxygen atoms in total. The minimum Gasteiger partial charge on any atom is -0.456 e. The highest BCUT2D eigenvalue weighted by molar-refractivity contribution is 7.26. The van der Waals surface area contributed by atoms with E-state index in [1.165, 1.54) is 36.7 Å². The van der Waals surface area contributed by atoms with Gasteiger partial charge in [0.15, 0.2) is 0 Å². The molecule has 3 aromatic heterocycles. The van der Waals surface area contributed by atoms with E-state index in [1.807, 2.05) is 47.7 Å². The highest BCUT2D eigenvalue weighted by Gasteiger charge is 2.25. The molecule has 0 aliphatic carbocycles. The molecule has 0 aliphatic rings. The van der Waals surface area contributed by atoms with Gasteiger partial charge in [0.1, 0.15) is 11.2 Å². The monoisotopic (exact) mass is 604 g/mol. The smallest absolute Gasteiger partial charge is 0.135 e. The van der Waals surface area contributed by atoms with Gasteiger partial charge >= 0.3 is 0 Å². The Hall–Kier alpha value is -5.84. The van der Waals surface area contributed by atoms with Crippen molar-refractivity contribution in [3.8, 4) is 33.6 Å². The molecule has 0 saturated carbocycles. The second kappa shape index (κ2) is 9.83. The molecule has 0 N–H and O–H groups in total. The van der Waals surface area contributed by atoms with Gasteiger partial charge in [0.25, 0.3) is 0 Å². The number of hydrogen-bond acceptors (Lipinski definition) is 4. The summed E-state index contributed by atoms with van der Waals surface area (Å²) in [5, 5.41) is 7.06. The number of hydrogen-bond donors (Lipinski definition) is 0. The number of thiophene rings is 1. The van der Waals surface area contributed by atoms with Gasteiger partial charge in [0.05, 0.1) is 22.4 Å². The minimum atomic E-state index is 0.885. The van der Waals surface area contributed by atoms with Crippen LogP contribution < -0.4 is 0 Å². The third-order valence-electron chi connectivity index (χ3n) is 9.06. The molecule has 0 amide bonds. The molecule has 0 spiro atoms. The van der Waals surface area contributed by atoms with Crippen LogP contribution in [0.4, 0.5) is 0 Å². The molecule has 0 saturated heterocycles. The summed E-state index contributed by atoms with van der Waals surface area (Å²) in [6.45, 7) is 0. The minimum absolute atomic E-state index is 0.885. The molecule has 3 heterocycles. The summed E-state index contributed by atoms with van der Waals surface area (Å²) in [7, 11) is 0. The quantitative estimate of drug-likeness (QED) is 0.201. The lowest BCUT2D eigenvalue weighted by Gasteiger charge is -2.17. The van der Waals surface area contributed by atoms with Crippen LogP contribution in [0, 0.1) is 0 Å². The van der Waals surface area contributed by atoms with Crippen LogP contribution >= 0.6 is 11.3 Å². The molecular formula is C42H24N2OS. The van der Waals surface area contributed by atoms with Crippen molar-refractivity contribution < 1.29 is 4.42 Å². The first-order valence-corrected chi connectivity index (χ1v) is 16.2. The van der Waals surface area contributed by atoms with Gasteiger partial charge in [-0.15, -0.1) is 11.3 Å². The molecule has 0 fully saturated rings. The van der Waals surface area contributed by atoms with Gasteiger partial charge in [-0.25, -0.2) is 9.97 Å². The molecule has 10 rings (SSSR count). The van der Waals surface area contributed by atoms with Crippen LogP contribution in [0.3, 0.4) is 0 Å². The Labute approximate surface area is 268 Å². The third-order valence-corrected chi connectivity index (χ3v) is 10.2. The van der Waals surface area contributed by atoms with E-state index < -0.39 is 0 Å². The van der Waals surface area contributed by atoms with Crippen molar-refractivity contribution in [2.75, 3.05) is 0 Å². The Morgan fingerprint density at radius 3 is 1.85 bits per heavy atom. The van der Waals surface area contributed by atoms with E-state index >= 15 is 0 Å². The summed E-state index contributed by atoms with van der Waals surface area (Å²) < 4.78 is 8.72. The number of rotatable bonds is 3. The molecule has 46 heavy (non-hydrogen) atoms. The molecule has 0 unspecified atom stereocenters. The third kappa shape index (κ3) is 3.71. The summed E-state index contributed by atoms with van der Waals surface area (Å²) in [6.07, 6.45) is 0. The average Bonchev–Trinajstić information content (AvgIpc) is 3.68. The van der Waals surface area contributed by atoms with Crippen LogP contribution in [-0.4, -0.2) is 9.97 Å². The van der Waals surface area contributed by atoms with E-state index in [9.17, 15) is 0 Å². The largest absolute Gasteiger partial charge is 0.456 e. The van der Waals surface area contributed by atoms with Gasteiger partial charge in [0.2, 0.25) is 0 Å². The number of furan rings is 1. The van der Waals surface area contributed by atoms with Crippen molar-refractivity contribution in [2.45, 2.75) is 0 Å². The zero-order valence-electron chi connectivity index (χ0n) is 24.6. The molecule has 7 aromatic carbocycles. The number of para-hydroxylation sites is 3. The van der Waals surface area contributed by atoms with E-state index in [0.717, 1.165) is 60.9 Å². The fraction of sp³-hybridized carbons (Fsp3) is 0. The van der Waals surface area contributed by atoms with Gasteiger partial charge in [0, 0.05) is 47.6 Å². The van der Waals surface area contributed by atoms with E-state index in [0.29, 0.717) is 0 Å². The van der Waals surface area contributed by atoms with Crippen LogP contribution in [0.5, 0.6) is 0 Å². The molecule has 10 aromatic rings. The van der Waals surface area contributed by atoms with E-state index in [4.69, 9.17) is 14.4 Å². The normalized spacial score (nSPS) is 11.9. The first-order valence-electron chi connectivity index (χ1n) is 15.4. The fourth-order valence-corrected chi connectivity index (χ4v) is 8.32. The predicted octanol–water partition coefficient (Wildman–Crippen LogP) is 12.1. The van der Waals surface area contributed by atoms with E-state index in [2.05, 4.69) is 109 Å². The van der Waals surface area contributed by atoms with Crippen LogP contribution in [0.15, 0.2) is 150 Å². The molecule has 0 atom stereocenters. The summed E-state index contributed by atoms with van der Waals surface area (Å²) in [4.78, 5) is 10.7. The van der Waals surface area contributed by atoms with Crippen LogP contribution in [0.25, 0.3) is 97.6 Å². The lowest BCUT2D eigenvalue weighted by molar-refractivity contribution is 0.669. The SMILES string of the molecule is c1ccc(-c2nc3ccccc3nc2-c2c3ccccc3c(-c3ccc4oc5ccccc5c4c3)c3sc4ccccc4c23)cc1. The molecule has 214 valence electrons. The summed E-state index contributed by atoms with van der Waals surface area (Å²) in [6, 6.07) is 51.1. The maximum Gasteiger partial charge on any atom is 0.135 e. The first kappa shape index (κ1) is 25.5. The number of aromatic nitrogens is 2. The number of fused-ring (bicyclic) bond motifs is 8. The molecular weight excluding hydrogens is 581 g/mol. The summed E-state index contributed by atoms with van der Waals surface area (Å²) >= 11 is 1.85. The van der Waals surface area contributed by atoms with Crippen molar-refractivity contribution in [3.05, 3.63) is 146 Å². The molecule has 0 radical (unpaired) electrons. The van der Waals surface area contributed by atoms with Crippen molar-refractivity contribution in [1.29, 1.82) is 0 Å². The maximum absolute atomic E-state index is 6.22. The second-order valence-corrected chi connectivity index (χ2v) is 12.7. The Bertz CT molecular complexity index is 2810. The van der Waals surface area contributed by atoms with Crippen molar-refractivity contribution in [1.82, 2.24) is 9.97 Å². The van der Waals surface area contributed by atoms with E-state index in [-0.39, 0.29) is 0 Å². The lowest BCUT2D eigenvalue weighted by atomic mass is 9.88. The zero-order chi connectivity index (χ0) is 30.2. The zero-order valence-corrected chi connectivity index (χ0v) is 25.4. The lowest BCUT2D eigenvalue weighted by Crippen LogP contribution is -1.97. The van der Waals surface area contributed by atoms with Crippen molar-refractivity contribution in [2.24, 2.45) is 0 Å². The van der Waals surface area contributed by atoms with Gasteiger partial charge in [-0.3, -0.25) is 0 Å². The Morgan fingerprint density at radius 2 is 1.04 bits per heavy atom. The standard InChI is InChI=1S/C42H24N2OS/c1-2-12-25(13-3-1)40-41(44-33-19-9-8-18-32(33)43-40)38-29-16-5-4-15-28(29)37(42-39(38)30-17-7-11-21-36(30)46-42)26-22-23-35-31(24-26)27-14-6-10-20-34(27)45-35/h1-24H. The predicted molar refractivity (Wildman–Crippen MR) is 194 cm³/mol. The molecule has 4 heteroatoms. The Kier molecular flexibility index (Phi) is 5.45. The molecule has 0 aliphatic heterocycles. The van der Waals surface area contributed by atoms with Gasteiger partial charge in [-0.05, 0) is 52.7 Å². The molecule has 0 bridgehead atoms. The van der Waals surface area contributed by atoms with Gasteiger partial charge in [-0.2, -0.15) is 0 Å². The average molecular weight is 605 g/mol. The highest BCUT2D eigenvalue weighted by atomic mass is 32.1. The Balaban J connectivity index is 1.39. The van der Waals surface area contributed by atoms with Crippen LogP contribution in [0.2, 0.25) is 0 Å². The van der Waals surface area contributed by atoms with Crippen LogP contribution in [-0.2, 0) is 0 Å². The van der Waals surface area contributed by atoms with Gasteiger partial charge < -0.3 is 4.42 Å². The first-order chi connectivity index (χ1) is 22.8. The van der Waals surface area contributed by atoms with Gasteiger partial charge in [-0.1, -0.05) is 109 Å². The van der Waals surface area contributed by atoms with Crippen molar-refractivity contribution >= 4 is 75.3 Å². The van der Waals surface area contributed by atoms with Crippen LogP contribution in [0.1, 0.15) is 0 Å². The van der Waals surface area contributed by atoms with E-state index in [1.54, 1.807) is 0 Å². The fourth-order valence-electron chi connectivity index (χ4n) is 7.03. The topological polar surface area (TPSA) is 38.9 Å². The number of benzene rings is 7.